The van der Waals surface area contributed by atoms with Gasteiger partial charge in [-0.3, -0.25) is 4.57 Å². The highest BCUT2D eigenvalue weighted by molar-refractivity contribution is 7.99. The fourth-order valence-electron chi connectivity index (χ4n) is 3.15. The van der Waals surface area contributed by atoms with E-state index in [0.717, 1.165) is 40.3 Å². The normalized spacial score (nSPS) is 10.7. The first-order valence-corrected chi connectivity index (χ1v) is 10.8. The minimum Gasteiger partial charge on any atom is -0.493 e. The van der Waals surface area contributed by atoms with Crippen molar-refractivity contribution in [3.05, 3.63) is 96.3 Å². The molecule has 4 rings (SSSR count). The highest BCUT2D eigenvalue weighted by Gasteiger charge is 2.15. The molecule has 152 valence electrons. The third-order valence-corrected chi connectivity index (χ3v) is 5.45. The van der Waals surface area contributed by atoms with Crippen LogP contribution < -0.4 is 9.47 Å². The van der Waals surface area contributed by atoms with Crippen molar-refractivity contribution in [3.8, 4) is 17.2 Å². The summed E-state index contributed by atoms with van der Waals surface area (Å²) in [6.45, 7) is 0.542. The summed E-state index contributed by atoms with van der Waals surface area (Å²) < 4.78 is 13.4. The number of hydrogen-bond donors (Lipinski definition) is 0. The first-order chi connectivity index (χ1) is 14.8. The lowest BCUT2D eigenvalue weighted by Crippen LogP contribution is -2.06. The SMILES string of the molecule is COc1ccccc1OCCSc1nnc(Cc2ccccc2)n1-c1ccccc1. The van der Waals surface area contributed by atoms with Crippen LogP contribution in [0.5, 0.6) is 11.5 Å². The van der Waals surface area contributed by atoms with Crippen molar-refractivity contribution in [1.82, 2.24) is 14.8 Å². The molecule has 0 amide bonds. The first-order valence-electron chi connectivity index (χ1n) is 9.77. The Hall–Kier alpha value is -3.25. The molecular weight excluding hydrogens is 394 g/mol. The van der Waals surface area contributed by atoms with E-state index in [4.69, 9.17) is 9.47 Å². The van der Waals surface area contributed by atoms with E-state index < -0.39 is 0 Å². The summed E-state index contributed by atoms with van der Waals surface area (Å²) in [6.07, 6.45) is 0.723. The van der Waals surface area contributed by atoms with E-state index in [1.54, 1.807) is 18.9 Å². The van der Waals surface area contributed by atoms with E-state index in [-0.39, 0.29) is 0 Å². The second kappa shape index (κ2) is 9.98. The molecule has 0 saturated carbocycles. The van der Waals surface area contributed by atoms with Gasteiger partial charge in [-0.25, -0.2) is 0 Å². The smallest absolute Gasteiger partial charge is 0.195 e. The van der Waals surface area contributed by atoms with Gasteiger partial charge in [-0.1, -0.05) is 72.4 Å². The zero-order valence-corrected chi connectivity index (χ0v) is 17.6. The number of hydrogen-bond acceptors (Lipinski definition) is 5. The first kappa shape index (κ1) is 20.0. The predicted octanol–water partition coefficient (Wildman–Crippen LogP) is 5.04. The zero-order valence-electron chi connectivity index (χ0n) is 16.8. The van der Waals surface area contributed by atoms with E-state index in [2.05, 4.69) is 39.0 Å². The van der Waals surface area contributed by atoms with Crippen LogP contribution in [0.15, 0.2) is 90.1 Å². The number of benzene rings is 3. The molecule has 1 aromatic heterocycles. The number of para-hydroxylation sites is 3. The Morgan fingerprint density at radius 1 is 0.800 bits per heavy atom. The molecule has 6 heteroatoms. The maximum atomic E-state index is 5.89. The number of thioether (sulfide) groups is 1. The van der Waals surface area contributed by atoms with E-state index in [1.807, 2.05) is 60.7 Å². The van der Waals surface area contributed by atoms with Gasteiger partial charge in [0, 0.05) is 17.9 Å². The minimum absolute atomic E-state index is 0.542. The number of nitrogens with zero attached hydrogens (tertiary/aromatic N) is 3. The molecule has 0 fully saturated rings. The predicted molar refractivity (Wildman–Crippen MR) is 120 cm³/mol. The molecule has 0 aliphatic carbocycles. The van der Waals surface area contributed by atoms with E-state index in [1.165, 1.54) is 5.56 Å². The molecule has 0 saturated heterocycles. The lowest BCUT2D eigenvalue weighted by atomic mass is 10.1. The summed E-state index contributed by atoms with van der Waals surface area (Å²) in [4.78, 5) is 0. The molecule has 0 aliphatic heterocycles. The van der Waals surface area contributed by atoms with Crippen molar-refractivity contribution >= 4 is 11.8 Å². The Bertz CT molecular complexity index is 1070. The summed E-state index contributed by atoms with van der Waals surface area (Å²) in [5.41, 5.74) is 2.26. The molecule has 30 heavy (non-hydrogen) atoms. The summed E-state index contributed by atoms with van der Waals surface area (Å²) in [5.74, 6) is 3.14. The zero-order chi connectivity index (χ0) is 20.6. The van der Waals surface area contributed by atoms with Crippen molar-refractivity contribution in [2.24, 2.45) is 0 Å². The monoisotopic (exact) mass is 417 g/mol. The molecule has 1 heterocycles. The number of rotatable bonds is 9. The summed E-state index contributed by atoms with van der Waals surface area (Å²) in [7, 11) is 1.65. The molecule has 0 radical (unpaired) electrons. The summed E-state index contributed by atoms with van der Waals surface area (Å²) in [5, 5.41) is 9.80. The topological polar surface area (TPSA) is 49.2 Å². The quantitative estimate of drug-likeness (QED) is 0.282. The average Bonchev–Trinajstić information content (AvgIpc) is 3.20. The lowest BCUT2D eigenvalue weighted by molar-refractivity contribution is 0.313. The second-order valence-corrected chi connectivity index (χ2v) is 7.64. The Morgan fingerprint density at radius 3 is 2.20 bits per heavy atom. The van der Waals surface area contributed by atoms with Crippen LogP contribution in [0.4, 0.5) is 0 Å². The van der Waals surface area contributed by atoms with Crippen LogP contribution in [0.25, 0.3) is 5.69 Å². The molecule has 0 aliphatic rings. The van der Waals surface area contributed by atoms with Gasteiger partial charge in [0.25, 0.3) is 0 Å². The number of ether oxygens (including phenoxy) is 2. The maximum Gasteiger partial charge on any atom is 0.195 e. The third kappa shape index (κ3) is 4.83. The molecule has 5 nitrogen and oxygen atoms in total. The van der Waals surface area contributed by atoms with Gasteiger partial charge in [-0.05, 0) is 29.8 Å². The molecule has 0 N–H and O–H groups in total. The Balaban J connectivity index is 1.48. The van der Waals surface area contributed by atoms with E-state index in [0.29, 0.717) is 6.61 Å². The summed E-state index contributed by atoms with van der Waals surface area (Å²) in [6, 6.07) is 28.2. The maximum absolute atomic E-state index is 5.89. The van der Waals surface area contributed by atoms with Crippen molar-refractivity contribution < 1.29 is 9.47 Å². The van der Waals surface area contributed by atoms with Crippen LogP contribution in [0.2, 0.25) is 0 Å². The van der Waals surface area contributed by atoms with Gasteiger partial charge in [0.15, 0.2) is 16.7 Å². The van der Waals surface area contributed by atoms with Crippen LogP contribution in [0.1, 0.15) is 11.4 Å². The van der Waals surface area contributed by atoms with Gasteiger partial charge in [0.05, 0.1) is 13.7 Å². The van der Waals surface area contributed by atoms with Gasteiger partial charge in [-0.15, -0.1) is 10.2 Å². The summed E-state index contributed by atoms with van der Waals surface area (Å²) >= 11 is 1.63. The minimum atomic E-state index is 0.542. The molecule has 0 bridgehead atoms. The van der Waals surface area contributed by atoms with Crippen molar-refractivity contribution in [3.63, 3.8) is 0 Å². The van der Waals surface area contributed by atoms with Crippen molar-refractivity contribution in [1.29, 1.82) is 0 Å². The molecule has 0 spiro atoms. The van der Waals surface area contributed by atoms with E-state index >= 15 is 0 Å². The molecule has 3 aromatic carbocycles. The van der Waals surface area contributed by atoms with Crippen LogP contribution >= 0.6 is 11.8 Å². The molecule has 4 aromatic rings. The third-order valence-electron chi connectivity index (χ3n) is 4.56. The molecular formula is C24H23N3O2S. The Morgan fingerprint density at radius 2 is 1.47 bits per heavy atom. The fourth-order valence-corrected chi connectivity index (χ4v) is 3.93. The van der Waals surface area contributed by atoms with Gasteiger partial charge < -0.3 is 9.47 Å². The van der Waals surface area contributed by atoms with Crippen molar-refractivity contribution in [2.75, 3.05) is 19.5 Å². The standard InChI is InChI=1S/C24H23N3O2S/c1-28-21-14-8-9-15-22(21)29-16-17-30-24-26-25-23(18-19-10-4-2-5-11-19)27(24)20-12-6-3-7-13-20/h2-15H,16-18H2,1H3. The number of aromatic nitrogens is 3. The lowest BCUT2D eigenvalue weighted by Gasteiger charge is -2.11. The highest BCUT2D eigenvalue weighted by atomic mass is 32.2. The van der Waals surface area contributed by atoms with Crippen LogP contribution in [0.3, 0.4) is 0 Å². The Kier molecular flexibility index (Phi) is 6.67. The van der Waals surface area contributed by atoms with Gasteiger partial charge in [0.1, 0.15) is 5.82 Å². The van der Waals surface area contributed by atoms with Crippen LogP contribution in [0, 0.1) is 0 Å². The molecule has 0 unspecified atom stereocenters. The molecule has 0 atom stereocenters. The second-order valence-electron chi connectivity index (χ2n) is 6.58. The van der Waals surface area contributed by atoms with Gasteiger partial charge >= 0.3 is 0 Å². The average molecular weight is 418 g/mol. The van der Waals surface area contributed by atoms with Gasteiger partial charge in [-0.2, -0.15) is 0 Å². The van der Waals surface area contributed by atoms with Crippen molar-refractivity contribution in [2.45, 2.75) is 11.6 Å². The van der Waals surface area contributed by atoms with E-state index in [9.17, 15) is 0 Å². The number of methoxy groups -OCH3 is 1. The largest absolute Gasteiger partial charge is 0.493 e. The van der Waals surface area contributed by atoms with Crippen LogP contribution in [-0.2, 0) is 6.42 Å². The Labute approximate surface area is 180 Å². The highest BCUT2D eigenvalue weighted by Crippen LogP contribution is 2.27. The fraction of sp³-hybridized carbons (Fsp3) is 0.167. The van der Waals surface area contributed by atoms with Gasteiger partial charge in [0.2, 0.25) is 0 Å². The van der Waals surface area contributed by atoms with Crippen LogP contribution in [-0.4, -0.2) is 34.2 Å².